The molecule has 156 valence electrons. The van der Waals surface area contributed by atoms with E-state index in [-0.39, 0.29) is 24.4 Å². The molecule has 0 saturated carbocycles. The van der Waals surface area contributed by atoms with Gasteiger partial charge >= 0.3 is 0 Å². The maximum atomic E-state index is 13.1. The van der Waals surface area contributed by atoms with Crippen LogP contribution in [0.3, 0.4) is 0 Å². The van der Waals surface area contributed by atoms with Crippen LogP contribution in [0.2, 0.25) is 0 Å². The minimum atomic E-state index is -0.148. The van der Waals surface area contributed by atoms with Crippen molar-refractivity contribution in [3.63, 3.8) is 0 Å². The van der Waals surface area contributed by atoms with Gasteiger partial charge in [-0.1, -0.05) is 18.2 Å². The van der Waals surface area contributed by atoms with Crippen molar-refractivity contribution in [1.82, 2.24) is 9.80 Å². The first-order chi connectivity index (χ1) is 14.1. The molecule has 1 unspecified atom stereocenters. The van der Waals surface area contributed by atoms with Gasteiger partial charge in [0.05, 0.1) is 12.6 Å². The molecule has 0 spiro atoms. The fraction of sp³-hybridized carbons (Fsp3) is 0.455. The predicted octanol–water partition coefficient (Wildman–Crippen LogP) is 3.14. The SMILES string of the molecule is COCCCN(CC(=O)N1CCc2sccc2C1COc1ccccc1)C(C)=O. The molecule has 7 heteroatoms. The van der Waals surface area contributed by atoms with Crippen molar-refractivity contribution in [3.8, 4) is 5.75 Å². The number of methoxy groups -OCH3 is 1. The maximum absolute atomic E-state index is 13.1. The van der Waals surface area contributed by atoms with E-state index in [1.807, 2.05) is 35.2 Å². The number of fused-ring (bicyclic) bond motifs is 1. The zero-order chi connectivity index (χ0) is 20.6. The highest BCUT2D eigenvalue weighted by Crippen LogP contribution is 2.34. The Balaban J connectivity index is 1.71. The van der Waals surface area contributed by atoms with E-state index in [9.17, 15) is 9.59 Å². The summed E-state index contributed by atoms with van der Waals surface area (Å²) in [5.74, 6) is 0.642. The number of nitrogens with zero attached hydrogens (tertiary/aromatic N) is 2. The van der Waals surface area contributed by atoms with E-state index in [0.717, 1.165) is 17.7 Å². The van der Waals surface area contributed by atoms with Crippen LogP contribution in [-0.2, 0) is 20.7 Å². The average Bonchev–Trinajstić information content (AvgIpc) is 3.21. The Kier molecular flexibility index (Phi) is 7.66. The van der Waals surface area contributed by atoms with Crippen molar-refractivity contribution in [2.24, 2.45) is 0 Å². The van der Waals surface area contributed by atoms with Crippen LogP contribution in [0.15, 0.2) is 41.8 Å². The molecular formula is C22H28N2O4S. The topological polar surface area (TPSA) is 59.1 Å². The third-order valence-electron chi connectivity index (χ3n) is 5.11. The number of carbonyl (C=O) groups excluding carboxylic acids is 2. The van der Waals surface area contributed by atoms with Crippen LogP contribution >= 0.6 is 11.3 Å². The Labute approximate surface area is 176 Å². The lowest BCUT2D eigenvalue weighted by Crippen LogP contribution is -2.47. The Bertz CT molecular complexity index is 808. The van der Waals surface area contributed by atoms with Crippen LogP contribution in [0.25, 0.3) is 0 Å². The van der Waals surface area contributed by atoms with Gasteiger partial charge in [-0.25, -0.2) is 0 Å². The molecule has 0 saturated heterocycles. The van der Waals surface area contributed by atoms with Crippen molar-refractivity contribution in [3.05, 3.63) is 52.2 Å². The molecule has 2 amide bonds. The van der Waals surface area contributed by atoms with Crippen molar-refractivity contribution in [2.75, 3.05) is 40.0 Å². The summed E-state index contributed by atoms with van der Waals surface area (Å²) in [6.07, 6.45) is 1.54. The van der Waals surface area contributed by atoms with E-state index < -0.39 is 0 Å². The summed E-state index contributed by atoms with van der Waals surface area (Å²) in [6.45, 7) is 3.69. The van der Waals surface area contributed by atoms with Gasteiger partial charge < -0.3 is 19.3 Å². The van der Waals surface area contributed by atoms with E-state index in [0.29, 0.717) is 32.7 Å². The Hall–Kier alpha value is -2.38. The summed E-state index contributed by atoms with van der Waals surface area (Å²) in [7, 11) is 1.63. The Morgan fingerprint density at radius 3 is 2.76 bits per heavy atom. The standard InChI is InChI=1S/C22H28N2O4S/c1-17(25)23(11-6-13-27-2)15-22(26)24-12-9-21-19(10-14-29-21)20(24)16-28-18-7-4-3-5-8-18/h3-5,7-8,10,14,20H,6,9,11-13,15-16H2,1-2H3. The summed E-state index contributed by atoms with van der Waals surface area (Å²) >= 11 is 1.72. The van der Waals surface area contributed by atoms with Crippen molar-refractivity contribution >= 4 is 23.2 Å². The van der Waals surface area contributed by atoms with E-state index in [1.54, 1.807) is 23.3 Å². The minimum absolute atomic E-state index is 0.0453. The molecule has 1 atom stereocenters. The number of ether oxygens (including phenoxy) is 2. The molecule has 0 fully saturated rings. The van der Waals surface area contributed by atoms with Gasteiger partial charge in [0, 0.05) is 38.6 Å². The lowest BCUT2D eigenvalue weighted by molar-refractivity contribution is -0.142. The number of rotatable bonds is 9. The van der Waals surface area contributed by atoms with E-state index in [1.165, 1.54) is 11.8 Å². The second kappa shape index (κ2) is 10.4. The highest BCUT2D eigenvalue weighted by Gasteiger charge is 2.33. The highest BCUT2D eigenvalue weighted by atomic mass is 32.1. The summed E-state index contributed by atoms with van der Waals surface area (Å²) in [6, 6.07) is 11.6. The fourth-order valence-electron chi connectivity index (χ4n) is 3.57. The smallest absolute Gasteiger partial charge is 0.242 e. The molecule has 3 rings (SSSR count). The van der Waals surface area contributed by atoms with Crippen LogP contribution in [0.1, 0.15) is 29.8 Å². The van der Waals surface area contributed by atoms with Crippen LogP contribution in [-0.4, -0.2) is 61.6 Å². The second-order valence-electron chi connectivity index (χ2n) is 7.06. The van der Waals surface area contributed by atoms with Gasteiger partial charge in [0.1, 0.15) is 12.4 Å². The number of benzene rings is 1. The molecule has 0 radical (unpaired) electrons. The molecule has 1 aromatic heterocycles. The number of thiophene rings is 1. The van der Waals surface area contributed by atoms with Gasteiger partial charge in [-0.15, -0.1) is 11.3 Å². The van der Waals surface area contributed by atoms with Crippen LogP contribution in [0, 0.1) is 0 Å². The number of hydrogen-bond donors (Lipinski definition) is 0. The van der Waals surface area contributed by atoms with Gasteiger partial charge in [0.15, 0.2) is 0 Å². The van der Waals surface area contributed by atoms with Crippen LogP contribution in [0.4, 0.5) is 0 Å². The lowest BCUT2D eigenvalue weighted by atomic mass is 10.0. The Morgan fingerprint density at radius 2 is 2.03 bits per heavy atom. The number of carbonyl (C=O) groups is 2. The summed E-state index contributed by atoms with van der Waals surface area (Å²) < 4.78 is 11.1. The average molecular weight is 417 g/mol. The molecule has 2 heterocycles. The third-order valence-corrected chi connectivity index (χ3v) is 6.11. The quantitative estimate of drug-likeness (QED) is 0.590. The van der Waals surface area contributed by atoms with Crippen LogP contribution < -0.4 is 4.74 Å². The second-order valence-corrected chi connectivity index (χ2v) is 8.06. The number of hydrogen-bond acceptors (Lipinski definition) is 5. The molecule has 1 aliphatic rings. The lowest BCUT2D eigenvalue weighted by Gasteiger charge is -2.37. The summed E-state index contributed by atoms with van der Waals surface area (Å²) in [5.41, 5.74) is 1.15. The monoisotopic (exact) mass is 416 g/mol. The van der Waals surface area contributed by atoms with Gasteiger partial charge in [-0.05, 0) is 42.0 Å². The molecule has 1 aliphatic heterocycles. The van der Waals surface area contributed by atoms with Gasteiger partial charge in [0.2, 0.25) is 11.8 Å². The molecule has 0 N–H and O–H groups in total. The number of para-hydroxylation sites is 1. The maximum Gasteiger partial charge on any atom is 0.242 e. The van der Waals surface area contributed by atoms with E-state index in [2.05, 4.69) is 11.4 Å². The van der Waals surface area contributed by atoms with Gasteiger partial charge in [0.25, 0.3) is 0 Å². The van der Waals surface area contributed by atoms with Gasteiger partial charge in [-0.3, -0.25) is 9.59 Å². The molecule has 1 aromatic carbocycles. The first-order valence-electron chi connectivity index (χ1n) is 9.88. The fourth-order valence-corrected chi connectivity index (χ4v) is 4.50. The highest BCUT2D eigenvalue weighted by molar-refractivity contribution is 7.10. The minimum Gasteiger partial charge on any atom is -0.491 e. The summed E-state index contributed by atoms with van der Waals surface area (Å²) in [5, 5.41) is 2.07. The molecule has 0 aliphatic carbocycles. The molecule has 0 bridgehead atoms. The van der Waals surface area contributed by atoms with Gasteiger partial charge in [-0.2, -0.15) is 0 Å². The predicted molar refractivity (Wildman–Crippen MR) is 113 cm³/mol. The molecule has 6 nitrogen and oxygen atoms in total. The third kappa shape index (κ3) is 5.58. The number of amides is 2. The molecule has 29 heavy (non-hydrogen) atoms. The van der Waals surface area contributed by atoms with E-state index in [4.69, 9.17) is 9.47 Å². The van der Waals surface area contributed by atoms with Crippen molar-refractivity contribution in [1.29, 1.82) is 0 Å². The van der Waals surface area contributed by atoms with E-state index >= 15 is 0 Å². The molecular weight excluding hydrogens is 388 g/mol. The largest absolute Gasteiger partial charge is 0.491 e. The first kappa shape index (κ1) is 21.3. The molecule has 2 aromatic rings. The normalized spacial score (nSPS) is 15.7. The summed E-state index contributed by atoms with van der Waals surface area (Å²) in [4.78, 5) is 29.9. The first-order valence-corrected chi connectivity index (χ1v) is 10.8. The Morgan fingerprint density at radius 1 is 1.24 bits per heavy atom. The van der Waals surface area contributed by atoms with Crippen molar-refractivity contribution in [2.45, 2.75) is 25.8 Å². The van der Waals surface area contributed by atoms with Crippen molar-refractivity contribution < 1.29 is 19.1 Å². The zero-order valence-electron chi connectivity index (χ0n) is 17.0. The zero-order valence-corrected chi connectivity index (χ0v) is 17.8. The van der Waals surface area contributed by atoms with Crippen LogP contribution in [0.5, 0.6) is 5.75 Å².